The van der Waals surface area contributed by atoms with Gasteiger partial charge in [-0.1, -0.05) is 15.9 Å². The van der Waals surface area contributed by atoms with E-state index in [4.69, 9.17) is 14.2 Å². The molecule has 2 aliphatic heterocycles. The van der Waals surface area contributed by atoms with Crippen LogP contribution in [0.1, 0.15) is 32.1 Å². The number of halogens is 1. The molecule has 7 heteroatoms. The van der Waals surface area contributed by atoms with Crippen LogP contribution in [-0.4, -0.2) is 41.5 Å². The van der Waals surface area contributed by atoms with Crippen LogP contribution < -0.4 is 0 Å². The molecular formula is C14H17BrO6. The maximum absolute atomic E-state index is 11.9. The first-order chi connectivity index (χ1) is 9.99. The number of carbonyl (C=O) groups is 3. The monoisotopic (exact) mass is 360 g/mol. The van der Waals surface area contributed by atoms with E-state index in [2.05, 4.69) is 15.9 Å². The molecule has 2 saturated heterocycles. The van der Waals surface area contributed by atoms with Crippen LogP contribution in [-0.2, 0) is 28.6 Å². The maximum Gasteiger partial charge on any atom is 0.344 e. The predicted molar refractivity (Wildman–Crippen MR) is 73.5 cm³/mol. The van der Waals surface area contributed by atoms with Crippen LogP contribution in [0, 0.1) is 11.8 Å². The smallest absolute Gasteiger partial charge is 0.344 e. The average Bonchev–Trinajstić information content (AvgIpc) is 2.58. The number of ether oxygens (including phenoxy) is 3. The Kier molecular flexibility index (Phi) is 3.94. The third kappa shape index (κ3) is 3.07. The van der Waals surface area contributed by atoms with Gasteiger partial charge in [-0.2, -0.15) is 0 Å². The molecule has 2 aliphatic carbocycles. The first kappa shape index (κ1) is 14.8. The quantitative estimate of drug-likeness (QED) is 0.427. The molecule has 6 nitrogen and oxygen atoms in total. The highest BCUT2D eigenvalue weighted by atomic mass is 79.9. The summed E-state index contributed by atoms with van der Waals surface area (Å²) in [5, 5.41) is 0.0417. The first-order valence-electron chi connectivity index (χ1n) is 7.13. The summed E-state index contributed by atoms with van der Waals surface area (Å²) in [5.74, 6) is -1.03. The molecule has 21 heavy (non-hydrogen) atoms. The van der Waals surface area contributed by atoms with Crippen LogP contribution in [0.15, 0.2) is 0 Å². The molecule has 0 amide bonds. The lowest BCUT2D eigenvalue weighted by atomic mass is 9.65. The van der Waals surface area contributed by atoms with Gasteiger partial charge >= 0.3 is 17.9 Å². The maximum atomic E-state index is 11.9. The van der Waals surface area contributed by atoms with E-state index in [-0.39, 0.29) is 29.9 Å². The number of hydrogen-bond donors (Lipinski definition) is 0. The van der Waals surface area contributed by atoms with E-state index in [0.29, 0.717) is 18.8 Å². The van der Waals surface area contributed by atoms with Gasteiger partial charge in [-0.3, -0.25) is 9.59 Å². The van der Waals surface area contributed by atoms with Gasteiger partial charge in [-0.25, -0.2) is 4.79 Å². The van der Waals surface area contributed by atoms with Crippen molar-refractivity contribution in [3.8, 4) is 0 Å². The molecule has 2 heterocycles. The van der Waals surface area contributed by atoms with Gasteiger partial charge in [0.2, 0.25) is 0 Å². The Morgan fingerprint density at radius 3 is 2.81 bits per heavy atom. The highest BCUT2D eigenvalue weighted by Gasteiger charge is 2.54. The fourth-order valence-electron chi connectivity index (χ4n) is 3.95. The van der Waals surface area contributed by atoms with Gasteiger partial charge in [0.25, 0.3) is 0 Å². The standard InChI is InChI=1S/C14H17BrO6/c15-6-11(16)19-7-12(17)21-14-3-8-1-9(4-14)13(18)20-10(2-8)5-14/h8-10H,1-7H2. The lowest BCUT2D eigenvalue weighted by Crippen LogP contribution is -2.48. The molecule has 0 radical (unpaired) electrons. The van der Waals surface area contributed by atoms with Crippen molar-refractivity contribution in [2.24, 2.45) is 11.8 Å². The molecular weight excluding hydrogens is 344 g/mol. The number of esters is 3. The molecule has 4 fully saturated rings. The van der Waals surface area contributed by atoms with Crippen molar-refractivity contribution in [2.75, 3.05) is 11.9 Å². The molecule has 0 N–H and O–H groups in total. The summed E-state index contributed by atoms with van der Waals surface area (Å²) in [6.07, 6.45) is 3.39. The summed E-state index contributed by atoms with van der Waals surface area (Å²) >= 11 is 2.95. The highest BCUT2D eigenvalue weighted by Crippen LogP contribution is 2.51. The van der Waals surface area contributed by atoms with E-state index in [1.165, 1.54) is 0 Å². The van der Waals surface area contributed by atoms with Gasteiger partial charge in [0.05, 0.1) is 5.92 Å². The van der Waals surface area contributed by atoms with Gasteiger partial charge in [0, 0.05) is 12.8 Å². The van der Waals surface area contributed by atoms with Crippen molar-refractivity contribution >= 4 is 33.8 Å². The van der Waals surface area contributed by atoms with Crippen molar-refractivity contribution in [1.82, 2.24) is 0 Å². The molecule has 0 aromatic heterocycles. The number of carbonyl (C=O) groups excluding carboxylic acids is 3. The van der Waals surface area contributed by atoms with Crippen LogP contribution in [0.25, 0.3) is 0 Å². The fourth-order valence-corrected chi connectivity index (χ4v) is 4.11. The van der Waals surface area contributed by atoms with Gasteiger partial charge in [0.15, 0.2) is 6.61 Å². The molecule has 2 saturated carbocycles. The summed E-state index contributed by atoms with van der Waals surface area (Å²) in [5.41, 5.74) is -0.624. The Morgan fingerprint density at radius 2 is 2.05 bits per heavy atom. The normalized spacial score (nSPS) is 36.8. The Bertz CT molecular complexity index is 478. The number of hydrogen-bond acceptors (Lipinski definition) is 6. The van der Waals surface area contributed by atoms with Gasteiger partial charge < -0.3 is 14.2 Å². The molecule has 4 aliphatic rings. The fraction of sp³-hybridized carbons (Fsp3) is 0.786. The number of rotatable bonds is 4. The molecule has 4 atom stereocenters. The molecule has 4 rings (SSSR count). The molecule has 116 valence electrons. The summed E-state index contributed by atoms with van der Waals surface area (Å²) in [6.45, 7) is -0.388. The van der Waals surface area contributed by atoms with Crippen molar-refractivity contribution in [1.29, 1.82) is 0 Å². The topological polar surface area (TPSA) is 78.9 Å². The zero-order valence-corrected chi connectivity index (χ0v) is 13.1. The molecule has 0 aromatic rings. The van der Waals surface area contributed by atoms with Gasteiger partial charge in [-0.15, -0.1) is 0 Å². The SMILES string of the molecule is O=C(CBr)OCC(=O)OC12CC3CC(C1)OC(=O)C(C3)C2. The molecule has 0 aromatic carbocycles. The van der Waals surface area contributed by atoms with Crippen LogP contribution in [0.5, 0.6) is 0 Å². The minimum atomic E-state index is -0.624. The largest absolute Gasteiger partial charge is 0.462 e. The van der Waals surface area contributed by atoms with E-state index in [9.17, 15) is 14.4 Å². The first-order valence-corrected chi connectivity index (χ1v) is 8.26. The summed E-state index contributed by atoms with van der Waals surface area (Å²) in [7, 11) is 0. The summed E-state index contributed by atoms with van der Waals surface area (Å²) in [6, 6.07) is 0. The van der Waals surface area contributed by atoms with E-state index in [1.54, 1.807) is 0 Å². The van der Waals surface area contributed by atoms with Gasteiger partial charge in [-0.05, 0) is 25.2 Å². The van der Waals surface area contributed by atoms with Gasteiger partial charge in [0.1, 0.15) is 17.0 Å². The molecule has 4 unspecified atom stereocenters. The number of alkyl halides is 1. The molecule has 4 bridgehead atoms. The van der Waals surface area contributed by atoms with Crippen molar-refractivity contribution in [3.05, 3.63) is 0 Å². The second-order valence-electron chi connectivity index (χ2n) is 6.16. The third-order valence-electron chi connectivity index (χ3n) is 4.50. The lowest BCUT2D eigenvalue weighted by Gasteiger charge is -2.45. The molecule has 0 spiro atoms. The highest BCUT2D eigenvalue weighted by molar-refractivity contribution is 9.09. The Labute approximate surface area is 130 Å². The minimum absolute atomic E-state index is 0.0417. The third-order valence-corrected chi connectivity index (χ3v) is 4.96. The van der Waals surface area contributed by atoms with Crippen molar-refractivity contribution in [3.63, 3.8) is 0 Å². The van der Waals surface area contributed by atoms with Crippen LogP contribution in [0.3, 0.4) is 0 Å². The van der Waals surface area contributed by atoms with E-state index in [1.807, 2.05) is 0 Å². The van der Waals surface area contributed by atoms with Crippen molar-refractivity contribution < 1.29 is 28.6 Å². The lowest BCUT2D eigenvalue weighted by molar-refractivity contribution is -0.181. The van der Waals surface area contributed by atoms with Crippen LogP contribution in [0.4, 0.5) is 0 Å². The Morgan fingerprint density at radius 1 is 1.24 bits per heavy atom. The Hall–Kier alpha value is -1.11. The van der Waals surface area contributed by atoms with Crippen LogP contribution >= 0.6 is 15.9 Å². The number of fused-ring (bicyclic) bond motifs is 1. The van der Waals surface area contributed by atoms with E-state index < -0.39 is 17.5 Å². The predicted octanol–water partition coefficient (Wildman–Crippen LogP) is 1.34. The second kappa shape index (κ2) is 5.59. The second-order valence-corrected chi connectivity index (χ2v) is 6.72. The van der Waals surface area contributed by atoms with E-state index in [0.717, 1.165) is 19.3 Å². The van der Waals surface area contributed by atoms with Crippen LogP contribution in [0.2, 0.25) is 0 Å². The van der Waals surface area contributed by atoms with Crippen molar-refractivity contribution in [2.45, 2.75) is 43.8 Å². The zero-order chi connectivity index (χ0) is 15.0. The van der Waals surface area contributed by atoms with E-state index >= 15 is 0 Å². The summed E-state index contributed by atoms with van der Waals surface area (Å²) in [4.78, 5) is 34.8. The summed E-state index contributed by atoms with van der Waals surface area (Å²) < 4.78 is 15.8. The minimum Gasteiger partial charge on any atom is -0.462 e. The average molecular weight is 361 g/mol. The Balaban J connectivity index is 1.66. The zero-order valence-electron chi connectivity index (χ0n) is 11.5.